The molecule has 3 amide bonds. The largest absolute Gasteiger partial charge is 0.444 e. The van der Waals surface area contributed by atoms with E-state index in [2.05, 4.69) is 31.1 Å². The van der Waals surface area contributed by atoms with Crippen LogP contribution < -0.4 is 10.2 Å². The van der Waals surface area contributed by atoms with Crippen molar-refractivity contribution in [2.24, 2.45) is 0 Å². The van der Waals surface area contributed by atoms with E-state index in [0.717, 1.165) is 31.2 Å². The second kappa shape index (κ2) is 12.6. The second-order valence-electron chi connectivity index (χ2n) is 13.4. The molecular weight excluding hydrogens is 516 g/mol. The molecule has 2 aliphatic rings. The molecule has 222 valence electrons. The highest BCUT2D eigenvalue weighted by atomic mass is 16.6. The molecule has 1 aromatic carbocycles. The summed E-state index contributed by atoms with van der Waals surface area (Å²) in [6.45, 7) is 12.3. The van der Waals surface area contributed by atoms with E-state index in [-0.39, 0.29) is 23.3 Å². The van der Waals surface area contributed by atoms with E-state index in [9.17, 15) is 14.4 Å². The van der Waals surface area contributed by atoms with Gasteiger partial charge in [0.05, 0.1) is 0 Å². The van der Waals surface area contributed by atoms with Crippen molar-refractivity contribution in [3.63, 3.8) is 0 Å². The first kappa shape index (κ1) is 30.5. The lowest BCUT2D eigenvalue weighted by Gasteiger charge is -2.37. The zero-order valence-corrected chi connectivity index (χ0v) is 25.5. The van der Waals surface area contributed by atoms with Gasteiger partial charge in [-0.3, -0.25) is 24.4 Å². The number of amides is 3. The molecule has 1 saturated carbocycles. The third-order valence-corrected chi connectivity index (χ3v) is 7.87. The van der Waals surface area contributed by atoms with Crippen LogP contribution in [-0.4, -0.2) is 52.0 Å². The van der Waals surface area contributed by atoms with Crippen LogP contribution >= 0.6 is 0 Å². The smallest absolute Gasteiger partial charge is 0.410 e. The molecule has 0 spiro atoms. The SMILES string of the molecule is CC(C)(C)OC(=O)N1CCC[C@@H]1C(=O)N(c1ccc(C(C)(C)C)cc1)C(C(=O)NC1CCCCC1)c1cccnc1. The number of likely N-dealkylation sites (tertiary alicyclic amines) is 1. The first-order chi connectivity index (χ1) is 19.3. The third-order valence-electron chi connectivity index (χ3n) is 7.87. The molecule has 1 aliphatic heterocycles. The Morgan fingerprint density at radius 3 is 2.22 bits per heavy atom. The Hall–Kier alpha value is -3.42. The van der Waals surface area contributed by atoms with Crippen LogP contribution in [0.5, 0.6) is 0 Å². The average Bonchev–Trinajstić information content (AvgIpc) is 3.41. The highest BCUT2D eigenvalue weighted by molar-refractivity contribution is 6.04. The molecule has 0 radical (unpaired) electrons. The molecule has 1 aromatic heterocycles. The molecule has 8 nitrogen and oxygen atoms in total. The fourth-order valence-corrected chi connectivity index (χ4v) is 5.73. The minimum Gasteiger partial charge on any atom is -0.444 e. The highest BCUT2D eigenvalue weighted by Gasteiger charge is 2.43. The van der Waals surface area contributed by atoms with Gasteiger partial charge in [0.2, 0.25) is 5.91 Å². The van der Waals surface area contributed by atoms with Crippen molar-refractivity contribution < 1.29 is 19.1 Å². The predicted octanol–water partition coefficient (Wildman–Crippen LogP) is 6.30. The Bertz CT molecular complexity index is 1190. The minimum atomic E-state index is -0.945. The quantitative estimate of drug-likeness (QED) is 0.446. The number of anilines is 1. The van der Waals surface area contributed by atoms with Gasteiger partial charge in [-0.05, 0) is 75.6 Å². The van der Waals surface area contributed by atoms with Gasteiger partial charge in [0.1, 0.15) is 17.7 Å². The maximum atomic E-state index is 14.6. The van der Waals surface area contributed by atoms with E-state index in [0.29, 0.717) is 30.6 Å². The maximum absolute atomic E-state index is 14.6. The van der Waals surface area contributed by atoms with E-state index in [1.807, 2.05) is 51.1 Å². The van der Waals surface area contributed by atoms with Gasteiger partial charge in [-0.25, -0.2) is 4.79 Å². The van der Waals surface area contributed by atoms with Gasteiger partial charge < -0.3 is 10.1 Å². The molecule has 8 heteroatoms. The highest BCUT2D eigenvalue weighted by Crippen LogP contribution is 2.34. The van der Waals surface area contributed by atoms with Gasteiger partial charge in [-0.1, -0.05) is 58.2 Å². The van der Waals surface area contributed by atoms with E-state index < -0.39 is 23.8 Å². The van der Waals surface area contributed by atoms with Crippen LogP contribution in [0.1, 0.15) is 104 Å². The van der Waals surface area contributed by atoms with Gasteiger partial charge in [0.25, 0.3) is 5.91 Å². The molecule has 2 aromatic rings. The Morgan fingerprint density at radius 2 is 1.63 bits per heavy atom. The van der Waals surface area contributed by atoms with Crippen LogP contribution in [0.15, 0.2) is 48.8 Å². The van der Waals surface area contributed by atoms with Crippen LogP contribution in [0.25, 0.3) is 0 Å². The van der Waals surface area contributed by atoms with Crippen LogP contribution in [0.4, 0.5) is 10.5 Å². The number of carbonyl (C=O) groups is 3. The molecule has 0 bridgehead atoms. The average molecular weight is 563 g/mol. The number of pyridine rings is 1. The maximum Gasteiger partial charge on any atom is 0.410 e. The molecule has 2 fully saturated rings. The summed E-state index contributed by atoms with van der Waals surface area (Å²) in [6.07, 6.45) is 9.14. The summed E-state index contributed by atoms with van der Waals surface area (Å²) in [5.74, 6) is -0.538. The number of nitrogens with zero attached hydrogens (tertiary/aromatic N) is 3. The van der Waals surface area contributed by atoms with Crippen molar-refractivity contribution in [3.05, 3.63) is 59.9 Å². The predicted molar refractivity (Wildman–Crippen MR) is 161 cm³/mol. The fourth-order valence-electron chi connectivity index (χ4n) is 5.73. The zero-order valence-electron chi connectivity index (χ0n) is 25.5. The Morgan fingerprint density at radius 1 is 0.951 bits per heavy atom. The number of aromatic nitrogens is 1. The first-order valence-electron chi connectivity index (χ1n) is 15.0. The molecular formula is C33H46N4O4. The van der Waals surface area contributed by atoms with Gasteiger partial charge in [-0.15, -0.1) is 0 Å². The van der Waals surface area contributed by atoms with Crippen molar-refractivity contribution in [1.29, 1.82) is 0 Å². The van der Waals surface area contributed by atoms with Crippen molar-refractivity contribution in [1.82, 2.24) is 15.2 Å². The zero-order chi connectivity index (χ0) is 29.8. The number of hydrogen-bond acceptors (Lipinski definition) is 5. The lowest BCUT2D eigenvalue weighted by Crippen LogP contribution is -2.53. The number of ether oxygens (including phenoxy) is 1. The van der Waals surface area contributed by atoms with E-state index >= 15 is 0 Å². The van der Waals surface area contributed by atoms with Gasteiger partial charge in [0, 0.05) is 36.2 Å². The molecule has 1 N–H and O–H groups in total. The number of carbonyl (C=O) groups excluding carboxylic acids is 3. The van der Waals surface area contributed by atoms with Gasteiger partial charge in [-0.2, -0.15) is 0 Å². The number of nitrogens with one attached hydrogen (secondary N) is 1. The lowest BCUT2D eigenvalue weighted by atomic mass is 9.87. The van der Waals surface area contributed by atoms with Crippen molar-refractivity contribution >= 4 is 23.6 Å². The topological polar surface area (TPSA) is 91.8 Å². The summed E-state index contributed by atoms with van der Waals surface area (Å²) < 4.78 is 5.66. The van der Waals surface area contributed by atoms with Crippen molar-refractivity contribution in [2.45, 2.75) is 116 Å². The van der Waals surface area contributed by atoms with Crippen molar-refractivity contribution in [3.8, 4) is 0 Å². The number of benzene rings is 1. The second-order valence-corrected chi connectivity index (χ2v) is 13.4. The van der Waals surface area contributed by atoms with Crippen LogP contribution in [-0.2, 0) is 19.7 Å². The molecule has 1 unspecified atom stereocenters. The van der Waals surface area contributed by atoms with E-state index in [1.165, 1.54) is 11.3 Å². The molecule has 4 rings (SSSR count). The van der Waals surface area contributed by atoms with Crippen LogP contribution in [0, 0.1) is 0 Å². The fraction of sp³-hybridized carbons (Fsp3) is 0.576. The molecule has 41 heavy (non-hydrogen) atoms. The molecule has 1 aliphatic carbocycles. The lowest BCUT2D eigenvalue weighted by molar-refractivity contribution is -0.129. The van der Waals surface area contributed by atoms with Crippen molar-refractivity contribution in [2.75, 3.05) is 11.4 Å². The molecule has 1 saturated heterocycles. The summed E-state index contributed by atoms with van der Waals surface area (Å²) in [5.41, 5.74) is 1.58. The Balaban J connectivity index is 1.77. The summed E-state index contributed by atoms with van der Waals surface area (Å²) in [4.78, 5) is 49.3. The van der Waals surface area contributed by atoms with E-state index in [1.54, 1.807) is 23.4 Å². The summed E-state index contributed by atoms with van der Waals surface area (Å²) in [6, 6.07) is 9.83. The Labute approximate surface area is 244 Å². The van der Waals surface area contributed by atoms with E-state index in [4.69, 9.17) is 4.74 Å². The number of hydrogen-bond donors (Lipinski definition) is 1. The Kier molecular flexibility index (Phi) is 9.40. The normalized spacial score (nSPS) is 19.0. The van der Waals surface area contributed by atoms with Gasteiger partial charge in [0.15, 0.2) is 0 Å². The van der Waals surface area contributed by atoms with Gasteiger partial charge >= 0.3 is 6.09 Å². The summed E-state index contributed by atoms with van der Waals surface area (Å²) in [5, 5.41) is 3.25. The van der Waals surface area contributed by atoms with Crippen LogP contribution in [0.2, 0.25) is 0 Å². The molecule has 2 atom stereocenters. The standard InChI is InChI=1S/C33H46N4O4/c1-32(2,3)24-16-18-26(19-17-24)37(30(39)27-15-11-21-36(27)31(40)41-33(4,5)6)28(23-12-10-20-34-22-23)29(38)35-25-13-8-7-9-14-25/h10,12,16-20,22,25,27-28H,7-9,11,13-15,21H2,1-6H3,(H,35,38)/t27-,28?/m1/s1. The minimum absolute atomic E-state index is 0.0698. The summed E-state index contributed by atoms with van der Waals surface area (Å²) >= 11 is 0. The number of rotatable bonds is 6. The van der Waals surface area contributed by atoms with Crippen LogP contribution in [0.3, 0.4) is 0 Å². The monoisotopic (exact) mass is 562 g/mol. The summed E-state index contributed by atoms with van der Waals surface area (Å²) in [7, 11) is 0. The third kappa shape index (κ3) is 7.66. The first-order valence-corrected chi connectivity index (χ1v) is 15.0. The molecule has 2 heterocycles.